The molecule has 1 aliphatic heterocycles. The van der Waals surface area contributed by atoms with E-state index in [2.05, 4.69) is 0 Å². The highest BCUT2D eigenvalue weighted by Crippen LogP contribution is 2.28. The number of hydrogen-bond acceptors (Lipinski definition) is 4. The molecule has 0 saturated carbocycles. The topological polar surface area (TPSA) is 59.5 Å². The zero-order valence-corrected chi connectivity index (χ0v) is 11.0. The van der Waals surface area contributed by atoms with Gasteiger partial charge in [-0.3, -0.25) is 4.79 Å². The van der Waals surface area contributed by atoms with Crippen LogP contribution in [0.2, 0.25) is 0 Å². The summed E-state index contributed by atoms with van der Waals surface area (Å²) in [6.45, 7) is 3.22. The van der Waals surface area contributed by atoms with Crippen molar-refractivity contribution in [1.29, 1.82) is 0 Å². The van der Waals surface area contributed by atoms with Crippen LogP contribution in [0.15, 0.2) is 16.5 Å². The van der Waals surface area contributed by atoms with E-state index >= 15 is 0 Å². The zero-order chi connectivity index (χ0) is 12.4. The van der Waals surface area contributed by atoms with Crippen LogP contribution in [-0.2, 0) is 4.79 Å². The monoisotopic (exact) mass is 254 g/mol. The van der Waals surface area contributed by atoms with Gasteiger partial charge < -0.3 is 15.1 Å². The maximum absolute atomic E-state index is 11.8. The van der Waals surface area contributed by atoms with E-state index in [4.69, 9.17) is 10.2 Å². The van der Waals surface area contributed by atoms with Gasteiger partial charge in [0, 0.05) is 19.1 Å². The van der Waals surface area contributed by atoms with Crippen LogP contribution in [0, 0.1) is 6.92 Å². The normalized spacial score (nSPS) is 24.3. The van der Waals surface area contributed by atoms with Gasteiger partial charge in [0.15, 0.2) is 0 Å². The van der Waals surface area contributed by atoms with Gasteiger partial charge in [-0.1, -0.05) is 0 Å². The molecule has 1 aliphatic rings. The first kappa shape index (κ1) is 12.5. The maximum Gasteiger partial charge on any atom is 0.232 e. The highest BCUT2D eigenvalue weighted by molar-refractivity contribution is 7.99. The molecule has 2 heterocycles. The Kier molecular flexibility index (Phi) is 3.79. The van der Waals surface area contributed by atoms with Crippen LogP contribution in [0.1, 0.15) is 17.4 Å². The molecular formula is C12H18N2O2S. The molecule has 17 heavy (non-hydrogen) atoms. The van der Waals surface area contributed by atoms with Crippen molar-refractivity contribution in [3.8, 4) is 0 Å². The second-order valence-corrected chi connectivity index (χ2v) is 5.32. The molecule has 0 aromatic carbocycles. The lowest BCUT2D eigenvalue weighted by atomic mass is 10.0. The molecule has 0 spiro atoms. The van der Waals surface area contributed by atoms with Crippen LogP contribution in [0.5, 0.6) is 0 Å². The molecule has 0 radical (unpaired) electrons. The molecule has 2 atom stereocenters. The van der Waals surface area contributed by atoms with Crippen LogP contribution in [0.4, 0.5) is 0 Å². The van der Waals surface area contributed by atoms with E-state index in [1.807, 2.05) is 30.2 Å². The number of amides is 1. The molecular weight excluding hydrogens is 236 g/mol. The zero-order valence-electron chi connectivity index (χ0n) is 10.2. The quantitative estimate of drug-likeness (QED) is 0.880. The molecule has 1 fully saturated rings. The first-order chi connectivity index (χ1) is 8.11. The third-order valence-corrected chi connectivity index (χ3v) is 3.65. The highest BCUT2D eigenvalue weighted by atomic mass is 32.2. The number of likely N-dealkylation sites (tertiary alicyclic amines) is 1. The van der Waals surface area contributed by atoms with Crippen molar-refractivity contribution in [3.05, 3.63) is 23.7 Å². The Labute approximate surface area is 106 Å². The lowest BCUT2D eigenvalue weighted by Gasteiger charge is -2.14. The fourth-order valence-electron chi connectivity index (χ4n) is 2.20. The number of furan rings is 1. The Balaban J connectivity index is 2.05. The highest BCUT2D eigenvalue weighted by Gasteiger charge is 2.35. The van der Waals surface area contributed by atoms with Gasteiger partial charge in [-0.05, 0) is 25.3 Å². The first-order valence-electron chi connectivity index (χ1n) is 5.70. The Hall–Kier alpha value is -0.940. The van der Waals surface area contributed by atoms with Crippen molar-refractivity contribution in [1.82, 2.24) is 4.90 Å². The van der Waals surface area contributed by atoms with Crippen molar-refractivity contribution >= 4 is 17.7 Å². The molecule has 1 amide bonds. The number of rotatable bonds is 3. The average molecular weight is 254 g/mol. The molecule has 2 rings (SSSR count). The Morgan fingerprint density at radius 3 is 2.94 bits per heavy atom. The number of thioether (sulfide) groups is 1. The summed E-state index contributed by atoms with van der Waals surface area (Å²) in [5.74, 6) is 2.61. The van der Waals surface area contributed by atoms with E-state index in [9.17, 15) is 4.79 Å². The second-order valence-electron chi connectivity index (χ2n) is 4.45. The lowest BCUT2D eigenvalue weighted by molar-refractivity contribution is -0.127. The largest absolute Gasteiger partial charge is 0.466 e. The maximum atomic E-state index is 11.8. The first-order valence-corrected chi connectivity index (χ1v) is 7.10. The fraction of sp³-hybridized carbons (Fsp3) is 0.583. The van der Waals surface area contributed by atoms with Crippen LogP contribution in [-0.4, -0.2) is 41.9 Å². The molecule has 4 nitrogen and oxygen atoms in total. The third-order valence-electron chi connectivity index (χ3n) is 3.11. The molecule has 0 bridgehead atoms. The smallest absolute Gasteiger partial charge is 0.232 e. The van der Waals surface area contributed by atoms with Gasteiger partial charge in [-0.15, -0.1) is 0 Å². The van der Waals surface area contributed by atoms with Gasteiger partial charge >= 0.3 is 0 Å². The number of carbonyl (C=O) groups excluding carboxylic acids is 1. The van der Waals surface area contributed by atoms with Gasteiger partial charge in [0.2, 0.25) is 5.91 Å². The molecule has 94 valence electrons. The van der Waals surface area contributed by atoms with E-state index in [1.165, 1.54) is 0 Å². The minimum atomic E-state index is -0.0219. The van der Waals surface area contributed by atoms with Crippen molar-refractivity contribution < 1.29 is 9.21 Å². The van der Waals surface area contributed by atoms with E-state index in [1.54, 1.807) is 11.8 Å². The van der Waals surface area contributed by atoms with E-state index < -0.39 is 0 Å². The van der Waals surface area contributed by atoms with Crippen molar-refractivity contribution in [2.24, 2.45) is 5.73 Å². The number of carbonyl (C=O) groups is 1. The minimum Gasteiger partial charge on any atom is -0.466 e. The van der Waals surface area contributed by atoms with E-state index in [0.29, 0.717) is 18.8 Å². The molecule has 5 heteroatoms. The van der Waals surface area contributed by atoms with E-state index in [0.717, 1.165) is 11.5 Å². The Morgan fingerprint density at radius 2 is 2.35 bits per heavy atom. The lowest BCUT2D eigenvalue weighted by Crippen LogP contribution is -2.33. The number of aryl methyl sites for hydroxylation is 1. The van der Waals surface area contributed by atoms with Crippen molar-refractivity contribution in [2.75, 3.05) is 25.1 Å². The summed E-state index contributed by atoms with van der Waals surface area (Å²) >= 11 is 1.54. The van der Waals surface area contributed by atoms with E-state index in [-0.39, 0.29) is 17.9 Å². The summed E-state index contributed by atoms with van der Waals surface area (Å²) in [4.78, 5) is 13.6. The summed E-state index contributed by atoms with van der Waals surface area (Å²) in [7, 11) is 0. The standard InChI is InChI=1S/C12H18N2O2S/c1-8-3-4-11(16-8)9-5-14(6-10(9)13)12(15)7-17-2/h3-4,9-10H,5-7,13H2,1-2H3/t9-,10-/m0/s1. The summed E-state index contributed by atoms with van der Waals surface area (Å²) in [5, 5.41) is 0. The molecule has 0 unspecified atom stereocenters. The summed E-state index contributed by atoms with van der Waals surface area (Å²) in [5.41, 5.74) is 6.08. The van der Waals surface area contributed by atoms with Gasteiger partial charge in [-0.25, -0.2) is 0 Å². The molecule has 1 saturated heterocycles. The Morgan fingerprint density at radius 1 is 1.59 bits per heavy atom. The fourth-order valence-corrected chi connectivity index (χ4v) is 2.63. The minimum absolute atomic E-state index is 0.0219. The summed E-state index contributed by atoms with van der Waals surface area (Å²) < 4.78 is 5.60. The predicted octanol–water partition coefficient (Wildman–Crippen LogP) is 1.20. The summed E-state index contributed by atoms with van der Waals surface area (Å²) in [6.07, 6.45) is 1.93. The average Bonchev–Trinajstić information content (AvgIpc) is 2.85. The van der Waals surface area contributed by atoms with Gasteiger partial charge in [0.1, 0.15) is 11.5 Å². The van der Waals surface area contributed by atoms with Crippen LogP contribution >= 0.6 is 11.8 Å². The number of hydrogen-bond donors (Lipinski definition) is 1. The van der Waals surface area contributed by atoms with Gasteiger partial charge in [0.25, 0.3) is 0 Å². The van der Waals surface area contributed by atoms with Crippen molar-refractivity contribution in [2.45, 2.75) is 18.9 Å². The van der Waals surface area contributed by atoms with Crippen molar-refractivity contribution in [3.63, 3.8) is 0 Å². The van der Waals surface area contributed by atoms with Gasteiger partial charge in [0.05, 0.1) is 11.7 Å². The van der Waals surface area contributed by atoms with Crippen LogP contribution in [0.25, 0.3) is 0 Å². The van der Waals surface area contributed by atoms with Gasteiger partial charge in [-0.2, -0.15) is 11.8 Å². The molecule has 1 aromatic rings. The molecule has 0 aliphatic carbocycles. The predicted molar refractivity (Wildman–Crippen MR) is 69.1 cm³/mol. The second kappa shape index (κ2) is 5.14. The van der Waals surface area contributed by atoms with Crippen LogP contribution < -0.4 is 5.73 Å². The molecule has 2 N–H and O–H groups in total. The number of nitrogens with zero attached hydrogens (tertiary/aromatic N) is 1. The van der Waals surface area contributed by atoms with Crippen LogP contribution in [0.3, 0.4) is 0 Å². The third kappa shape index (κ3) is 2.66. The molecule has 1 aromatic heterocycles. The Bertz CT molecular complexity index is 405. The SMILES string of the molecule is CSCC(=O)N1C[C@H](c2ccc(C)o2)[C@@H](N)C1. The summed E-state index contributed by atoms with van der Waals surface area (Å²) in [6, 6.07) is 3.88. The number of nitrogens with two attached hydrogens (primary N) is 1.